The number of benzene rings is 1. The van der Waals surface area contributed by atoms with E-state index in [1.165, 1.54) is 20.3 Å². The second-order valence-electron chi connectivity index (χ2n) is 6.98. The lowest BCUT2D eigenvalue weighted by atomic mass is 9.95. The molecule has 0 radical (unpaired) electrons. The molecule has 4 rings (SSSR count). The van der Waals surface area contributed by atoms with E-state index in [0.717, 1.165) is 37.4 Å². The van der Waals surface area contributed by atoms with Crippen molar-refractivity contribution in [1.29, 1.82) is 0 Å². The van der Waals surface area contributed by atoms with Crippen molar-refractivity contribution in [1.82, 2.24) is 10.1 Å². The van der Waals surface area contributed by atoms with E-state index in [-0.39, 0.29) is 16.5 Å². The molecule has 2 fully saturated rings. The van der Waals surface area contributed by atoms with Gasteiger partial charge in [-0.25, -0.2) is 0 Å². The molecule has 2 aromatic rings. The number of anilines is 1. The lowest BCUT2D eigenvalue weighted by Gasteiger charge is -2.32. The highest BCUT2D eigenvalue weighted by molar-refractivity contribution is 5.70. The number of ether oxygens (including phenoxy) is 2. The number of nitro groups is 1. The Morgan fingerprint density at radius 3 is 2.37 bits per heavy atom. The lowest BCUT2D eigenvalue weighted by Crippen LogP contribution is -2.33. The third-order valence-corrected chi connectivity index (χ3v) is 5.26. The van der Waals surface area contributed by atoms with Crippen molar-refractivity contribution in [3.05, 3.63) is 34.0 Å². The Morgan fingerprint density at radius 1 is 1.11 bits per heavy atom. The SMILES string of the molecule is COc1cc(N2CCC(c3noc(C4CC4)n3)CC2)c([N+](=O)[O-])cc1OC. The van der Waals surface area contributed by atoms with E-state index in [2.05, 4.69) is 10.1 Å². The number of hydrogen-bond acceptors (Lipinski definition) is 8. The van der Waals surface area contributed by atoms with E-state index in [0.29, 0.717) is 36.2 Å². The summed E-state index contributed by atoms with van der Waals surface area (Å²) in [7, 11) is 2.99. The number of nitrogens with zero attached hydrogens (tertiary/aromatic N) is 4. The quantitative estimate of drug-likeness (QED) is 0.560. The first-order chi connectivity index (χ1) is 13.1. The van der Waals surface area contributed by atoms with Crippen LogP contribution in [0.3, 0.4) is 0 Å². The van der Waals surface area contributed by atoms with Gasteiger partial charge in [0.25, 0.3) is 5.69 Å². The number of methoxy groups -OCH3 is 2. The van der Waals surface area contributed by atoms with Crippen LogP contribution in [0.1, 0.15) is 49.2 Å². The molecule has 1 aromatic carbocycles. The summed E-state index contributed by atoms with van der Waals surface area (Å²) < 4.78 is 15.9. The Balaban J connectivity index is 1.52. The summed E-state index contributed by atoms with van der Waals surface area (Å²) in [4.78, 5) is 17.7. The molecule has 0 atom stereocenters. The highest BCUT2D eigenvalue weighted by Crippen LogP contribution is 2.42. The first kappa shape index (κ1) is 17.6. The smallest absolute Gasteiger partial charge is 0.296 e. The maximum atomic E-state index is 11.5. The average molecular weight is 374 g/mol. The summed E-state index contributed by atoms with van der Waals surface area (Å²) in [5.41, 5.74) is 0.560. The van der Waals surface area contributed by atoms with Gasteiger partial charge in [-0.1, -0.05) is 5.16 Å². The molecule has 144 valence electrons. The molecule has 2 heterocycles. The van der Waals surface area contributed by atoms with Crippen LogP contribution in [0, 0.1) is 10.1 Å². The molecule has 27 heavy (non-hydrogen) atoms. The number of hydrogen-bond donors (Lipinski definition) is 0. The van der Waals surface area contributed by atoms with Gasteiger partial charge in [-0.05, 0) is 25.7 Å². The molecule has 9 nitrogen and oxygen atoms in total. The minimum atomic E-state index is -0.384. The first-order valence-corrected chi connectivity index (χ1v) is 9.09. The summed E-state index contributed by atoms with van der Waals surface area (Å²) in [6, 6.07) is 3.10. The van der Waals surface area contributed by atoms with E-state index in [1.807, 2.05) is 4.90 Å². The Kier molecular flexibility index (Phi) is 4.59. The molecule has 2 aliphatic rings. The van der Waals surface area contributed by atoms with Crippen LogP contribution < -0.4 is 14.4 Å². The summed E-state index contributed by atoms with van der Waals surface area (Å²) in [6.45, 7) is 1.35. The molecular formula is C18H22N4O5. The first-order valence-electron chi connectivity index (χ1n) is 9.09. The summed E-state index contributed by atoms with van der Waals surface area (Å²) in [5, 5.41) is 15.7. The Bertz CT molecular complexity index is 840. The molecule has 1 aliphatic carbocycles. The summed E-state index contributed by atoms with van der Waals surface area (Å²) in [6.07, 6.45) is 3.89. The van der Waals surface area contributed by atoms with Gasteiger partial charge in [-0.2, -0.15) is 4.98 Å². The van der Waals surface area contributed by atoms with Crippen molar-refractivity contribution in [2.75, 3.05) is 32.2 Å². The highest BCUT2D eigenvalue weighted by Gasteiger charge is 2.33. The average Bonchev–Trinajstić information content (AvgIpc) is 3.43. The molecule has 0 spiro atoms. The lowest BCUT2D eigenvalue weighted by molar-refractivity contribution is -0.384. The maximum Gasteiger partial charge on any atom is 0.296 e. The van der Waals surface area contributed by atoms with E-state index in [4.69, 9.17) is 14.0 Å². The molecule has 0 N–H and O–H groups in total. The topological polar surface area (TPSA) is 104 Å². The van der Waals surface area contributed by atoms with Crippen molar-refractivity contribution in [2.45, 2.75) is 37.5 Å². The third kappa shape index (κ3) is 3.41. The number of nitro benzene ring substituents is 1. The van der Waals surface area contributed by atoms with Gasteiger partial charge in [0, 0.05) is 31.0 Å². The maximum absolute atomic E-state index is 11.5. The normalized spacial score (nSPS) is 17.8. The fourth-order valence-electron chi connectivity index (χ4n) is 3.54. The summed E-state index contributed by atoms with van der Waals surface area (Å²) >= 11 is 0. The minimum Gasteiger partial charge on any atom is -0.493 e. The Labute approximate surface area is 156 Å². The Morgan fingerprint density at radius 2 is 1.78 bits per heavy atom. The minimum absolute atomic E-state index is 0.0154. The van der Waals surface area contributed by atoms with Crippen molar-refractivity contribution >= 4 is 11.4 Å². The number of piperidine rings is 1. The molecule has 1 aromatic heterocycles. The second-order valence-corrected chi connectivity index (χ2v) is 6.98. The van der Waals surface area contributed by atoms with E-state index in [9.17, 15) is 10.1 Å². The van der Waals surface area contributed by atoms with Crippen molar-refractivity contribution < 1.29 is 18.9 Å². The Hall–Kier alpha value is -2.84. The van der Waals surface area contributed by atoms with E-state index in [1.54, 1.807) is 6.07 Å². The summed E-state index contributed by atoms with van der Waals surface area (Å²) in [5.74, 6) is 3.01. The molecule has 1 saturated heterocycles. The highest BCUT2D eigenvalue weighted by atomic mass is 16.6. The molecule has 0 amide bonds. The predicted molar refractivity (Wildman–Crippen MR) is 96.7 cm³/mol. The third-order valence-electron chi connectivity index (χ3n) is 5.26. The largest absolute Gasteiger partial charge is 0.493 e. The van der Waals surface area contributed by atoms with Gasteiger partial charge in [0.05, 0.1) is 25.2 Å². The van der Waals surface area contributed by atoms with Crippen molar-refractivity contribution in [3.8, 4) is 11.5 Å². The van der Waals surface area contributed by atoms with Gasteiger partial charge in [0.2, 0.25) is 5.89 Å². The van der Waals surface area contributed by atoms with Crippen LogP contribution in [-0.2, 0) is 0 Å². The predicted octanol–water partition coefficient (Wildman–Crippen LogP) is 3.26. The zero-order valence-corrected chi connectivity index (χ0v) is 15.4. The molecule has 0 unspecified atom stereocenters. The molecule has 1 aliphatic heterocycles. The van der Waals surface area contributed by atoms with Crippen LogP contribution >= 0.6 is 0 Å². The van der Waals surface area contributed by atoms with E-state index >= 15 is 0 Å². The van der Waals surface area contributed by atoms with Crippen LogP contribution in [0.25, 0.3) is 0 Å². The number of aromatic nitrogens is 2. The standard InChI is InChI=1S/C18H22N4O5/c1-25-15-9-13(14(22(23)24)10-16(15)26-2)21-7-5-11(6-8-21)17-19-18(27-20-17)12-3-4-12/h9-12H,3-8H2,1-2H3. The van der Waals surface area contributed by atoms with Gasteiger partial charge < -0.3 is 18.9 Å². The fourth-order valence-corrected chi connectivity index (χ4v) is 3.54. The second kappa shape index (κ2) is 7.05. The van der Waals surface area contributed by atoms with Gasteiger partial charge in [-0.3, -0.25) is 10.1 Å². The number of rotatable bonds is 6. The van der Waals surface area contributed by atoms with Gasteiger partial charge in [0.1, 0.15) is 5.69 Å². The molecular weight excluding hydrogens is 352 g/mol. The zero-order chi connectivity index (χ0) is 19.0. The molecule has 9 heteroatoms. The molecule has 1 saturated carbocycles. The van der Waals surface area contributed by atoms with Crippen LogP contribution in [-0.4, -0.2) is 42.4 Å². The van der Waals surface area contributed by atoms with Gasteiger partial charge in [0.15, 0.2) is 17.3 Å². The van der Waals surface area contributed by atoms with Crippen LogP contribution in [0.4, 0.5) is 11.4 Å². The van der Waals surface area contributed by atoms with Crippen LogP contribution in [0.15, 0.2) is 16.7 Å². The van der Waals surface area contributed by atoms with Crippen LogP contribution in [0.5, 0.6) is 11.5 Å². The molecule has 0 bridgehead atoms. The van der Waals surface area contributed by atoms with Crippen molar-refractivity contribution in [2.24, 2.45) is 0 Å². The monoisotopic (exact) mass is 374 g/mol. The van der Waals surface area contributed by atoms with Gasteiger partial charge >= 0.3 is 0 Å². The fraction of sp³-hybridized carbons (Fsp3) is 0.556. The van der Waals surface area contributed by atoms with Crippen molar-refractivity contribution in [3.63, 3.8) is 0 Å². The van der Waals surface area contributed by atoms with Gasteiger partial charge in [-0.15, -0.1) is 0 Å². The van der Waals surface area contributed by atoms with E-state index < -0.39 is 0 Å². The zero-order valence-electron chi connectivity index (χ0n) is 15.4. The van der Waals surface area contributed by atoms with Crippen LogP contribution in [0.2, 0.25) is 0 Å².